The van der Waals surface area contributed by atoms with E-state index in [1.807, 2.05) is 0 Å². The van der Waals surface area contributed by atoms with E-state index in [0.29, 0.717) is 19.3 Å². The zero-order chi connectivity index (χ0) is 43.8. The zero-order valence-electron chi connectivity index (χ0n) is 40.1. The van der Waals surface area contributed by atoms with Crippen LogP contribution in [0.1, 0.15) is 271 Å². The van der Waals surface area contributed by atoms with Gasteiger partial charge in [-0.2, -0.15) is 0 Å². The average Bonchev–Trinajstić information content (AvgIpc) is 3.24. The first-order valence-electron chi connectivity index (χ1n) is 26.2. The summed E-state index contributed by atoms with van der Waals surface area (Å²) in [6.45, 7) is 6.38. The summed E-state index contributed by atoms with van der Waals surface area (Å²) >= 11 is 0. The summed E-state index contributed by atoms with van der Waals surface area (Å²) in [6.07, 6.45) is 56.4. The number of ether oxygens (including phenoxy) is 1. The molecule has 60 heavy (non-hydrogen) atoms. The van der Waals surface area contributed by atoms with Gasteiger partial charge in [-0.15, -0.1) is 0 Å². The van der Waals surface area contributed by atoms with Gasteiger partial charge in [-0.05, 0) is 57.8 Å². The minimum atomic E-state index is -0.788. The lowest BCUT2D eigenvalue weighted by atomic mass is 10.0. The number of allylic oxidation sites excluding steroid dienone is 6. The van der Waals surface area contributed by atoms with Gasteiger partial charge in [-0.1, -0.05) is 237 Å². The molecule has 3 N–H and O–H groups in total. The number of aliphatic hydroxyl groups is 2. The number of rotatable bonds is 47. The summed E-state index contributed by atoms with van der Waals surface area (Å²) in [5.41, 5.74) is 0. The smallest absolute Gasteiger partial charge is 0.306 e. The van der Waals surface area contributed by atoms with Gasteiger partial charge in [0.1, 0.15) is 6.10 Å². The molecule has 0 radical (unpaired) electrons. The maximum absolute atomic E-state index is 13.2. The Kier molecular flexibility index (Phi) is 46.6. The van der Waals surface area contributed by atoms with Crippen molar-refractivity contribution in [3.05, 3.63) is 36.5 Å². The molecule has 0 heterocycles. The number of aliphatic hydroxyl groups excluding tert-OH is 2. The van der Waals surface area contributed by atoms with Crippen LogP contribution in [0.25, 0.3) is 0 Å². The number of amides is 1. The van der Waals surface area contributed by atoms with E-state index in [1.165, 1.54) is 148 Å². The fourth-order valence-corrected chi connectivity index (χ4v) is 8.03. The first-order chi connectivity index (χ1) is 29.5. The van der Waals surface area contributed by atoms with Gasteiger partial charge in [-0.25, -0.2) is 0 Å². The standard InChI is InChI=1S/C54H101NO5/c1-4-7-10-13-16-19-22-24-26-27-28-29-31-34-37-40-43-46-52(57)51(49-56)55-53(58)48-50(45-42-39-36-33-21-18-15-12-9-6-3)60-54(59)47-44-41-38-35-32-30-25-23-20-17-14-11-8-5-2/h8,11,17,20,25,30,50-52,56-57H,4-7,9-10,12-16,18-19,21-24,26-29,31-49H2,1-3H3,(H,55,58)/b11-8+,20-17+,30-25+. The van der Waals surface area contributed by atoms with E-state index in [2.05, 4.69) is 62.5 Å². The molecule has 6 nitrogen and oxygen atoms in total. The van der Waals surface area contributed by atoms with E-state index in [1.54, 1.807) is 0 Å². The van der Waals surface area contributed by atoms with Crippen molar-refractivity contribution >= 4 is 11.9 Å². The van der Waals surface area contributed by atoms with Gasteiger partial charge in [0.25, 0.3) is 0 Å². The highest BCUT2D eigenvalue weighted by atomic mass is 16.5. The largest absolute Gasteiger partial charge is 0.462 e. The van der Waals surface area contributed by atoms with Gasteiger partial charge >= 0.3 is 5.97 Å². The molecule has 0 fully saturated rings. The van der Waals surface area contributed by atoms with Crippen LogP contribution in [0.15, 0.2) is 36.5 Å². The predicted molar refractivity (Wildman–Crippen MR) is 259 cm³/mol. The van der Waals surface area contributed by atoms with E-state index < -0.39 is 18.2 Å². The fraction of sp³-hybridized carbons (Fsp3) is 0.852. The monoisotopic (exact) mass is 844 g/mol. The lowest BCUT2D eigenvalue weighted by molar-refractivity contribution is -0.151. The van der Waals surface area contributed by atoms with Crippen molar-refractivity contribution in [2.24, 2.45) is 0 Å². The van der Waals surface area contributed by atoms with E-state index in [4.69, 9.17) is 4.74 Å². The molecule has 3 atom stereocenters. The highest BCUT2D eigenvalue weighted by Crippen LogP contribution is 2.18. The molecule has 0 bridgehead atoms. The van der Waals surface area contributed by atoms with Crippen molar-refractivity contribution in [2.45, 2.75) is 289 Å². The van der Waals surface area contributed by atoms with Gasteiger partial charge in [0, 0.05) is 6.42 Å². The molecule has 0 saturated carbocycles. The van der Waals surface area contributed by atoms with Crippen molar-refractivity contribution in [3.63, 3.8) is 0 Å². The number of carbonyl (C=O) groups excluding carboxylic acids is 2. The maximum atomic E-state index is 13.2. The number of nitrogens with one attached hydrogen (secondary N) is 1. The molecule has 352 valence electrons. The normalized spacial score (nSPS) is 13.5. The Hall–Kier alpha value is -1.92. The summed E-state index contributed by atoms with van der Waals surface area (Å²) in [5.74, 6) is -0.491. The van der Waals surface area contributed by atoms with Crippen LogP contribution in [0.5, 0.6) is 0 Å². The molecule has 0 aromatic carbocycles. The summed E-state index contributed by atoms with van der Waals surface area (Å²) < 4.78 is 5.91. The van der Waals surface area contributed by atoms with Crippen LogP contribution in [0, 0.1) is 0 Å². The molecular weight excluding hydrogens is 743 g/mol. The summed E-state index contributed by atoms with van der Waals surface area (Å²) in [4.78, 5) is 26.1. The van der Waals surface area contributed by atoms with Crippen LogP contribution < -0.4 is 5.32 Å². The maximum Gasteiger partial charge on any atom is 0.306 e. The molecule has 0 rings (SSSR count). The Morgan fingerprint density at radius 2 is 0.900 bits per heavy atom. The third-order valence-electron chi connectivity index (χ3n) is 12.0. The topological polar surface area (TPSA) is 95.9 Å². The highest BCUT2D eigenvalue weighted by molar-refractivity contribution is 5.77. The van der Waals surface area contributed by atoms with Gasteiger partial charge in [0.15, 0.2) is 0 Å². The Morgan fingerprint density at radius 3 is 1.37 bits per heavy atom. The zero-order valence-corrected chi connectivity index (χ0v) is 40.1. The Labute approximate surface area is 373 Å². The van der Waals surface area contributed by atoms with Gasteiger partial charge in [-0.3, -0.25) is 9.59 Å². The van der Waals surface area contributed by atoms with Crippen LogP contribution in [0.3, 0.4) is 0 Å². The Balaban J connectivity index is 4.46. The molecule has 0 aliphatic carbocycles. The summed E-state index contributed by atoms with van der Waals surface area (Å²) in [7, 11) is 0. The molecule has 1 amide bonds. The molecule has 0 saturated heterocycles. The second-order valence-corrected chi connectivity index (χ2v) is 17.9. The second kappa shape index (κ2) is 48.1. The minimum Gasteiger partial charge on any atom is -0.462 e. The number of hydrogen-bond donors (Lipinski definition) is 3. The highest BCUT2D eigenvalue weighted by Gasteiger charge is 2.24. The van der Waals surface area contributed by atoms with E-state index in [0.717, 1.165) is 77.0 Å². The van der Waals surface area contributed by atoms with Crippen LogP contribution >= 0.6 is 0 Å². The molecule has 0 aromatic rings. The lowest BCUT2D eigenvalue weighted by Gasteiger charge is -2.24. The van der Waals surface area contributed by atoms with Crippen LogP contribution in [0.2, 0.25) is 0 Å². The SMILES string of the molecule is CC/C=C/C/C=C/C/C=C/CCCCCCC(=O)OC(CCCCCCCCCCCC)CC(=O)NC(CO)C(O)CCCCCCCCCCCCCCCCCCC. The predicted octanol–water partition coefficient (Wildman–Crippen LogP) is 15.7. The third-order valence-corrected chi connectivity index (χ3v) is 12.0. The third kappa shape index (κ3) is 42.8. The molecule has 0 aliphatic rings. The van der Waals surface area contributed by atoms with Crippen LogP contribution in [0.4, 0.5) is 0 Å². The van der Waals surface area contributed by atoms with Crippen molar-refractivity contribution < 1.29 is 24.5 Å². The van der Waals surface area contributed by atoms with Crippen LogP contribution in [-0.2, 0) is 14.3 Å². The average molecular weight is 844 g/mol. The van der Waals surface area contributed by atoms with Crippen molar-refractivity contribution in [1.82, 2.24) is 5.32 Å². The quantitative estimate of drug-likeness (QED) is 0.0322. The van der Waals surface area contributed by atoms with Crippen molar-refractivity contribution in [2.75, 3.05) is 6.61 Å². The summed E-state index contributed by atoms with van der Waals surface area (Å²) in [6, 6.07) is -0.702. The van der Waals surface area contributed by atoms with Crippen molar-refractivity contribution in [3.8, 4) is 0 Å². The van der Waals surface area contributed by atoms with Gasteiger partial charge < -0.3 is 20.3 Å². The van der Waals surface area contributed by atoms with Crippen molar-refractivity contribution in [1.29, 1.82) is 0 Å². The molecule has 0 spiro atoms. The molecule has 0 aromatic heterocycles. The first-order valence-corrected chi connectivity index (χ1v) is 26.2. The number of esters is 1. The van der Waals surface area contributed by atoms with E-state index in [-0.39, 0.29) is 24.9 Å². The van der Waals surface area contributed by atoms with E-state index >= 15 is 0 Å². The Morgan fingerprint density at radius 1 is 0.500 bits per heavy atom. The molecule has 3 unspecified atom stereocenters. The second-order valence-electron chi connectivity index (χ2n) is 17.9. The fourth-order valence-electron chi connectivity index (χ4n) is 8.03. The minimum absolute atomic E-state index is 0.0719. The lowest BCUT2D eigenvalue weighted by Crippen LogP contribution is -2.46. The number of hydrogen-bond acceptors (Lipinski definition) is 5. The number of carbonyl (C=O) groups is 2. The number of unbranched alkanes of at least 4 members (excludes halogenated alkanes) is 29. The van der Waals surface area contributed by atoms with Gasteiger partial charge in [0.2, 0.25) is 5.91 Å². The Bertz CT molecular complexity index is 993. The first kappa shape index (κ1) is 58.1. The van der Waals surface area contributed by atoms with Gasteiger partial charge in [0.05, 0.1) is 25.2 Å². The van der Waals surface area contributed by atoms with E-state index in [9.17, 15) is 19.8 Å². The summed E-state index contributed by atoms with van der Waals surface area (Å²) in [5, 5.41) is 23.8. The molecular formula is C54H101NO5. The molecule has 0 aliphatic heterocycles. The molecule has 6 heteroatoms. The van der Waals surface area contributed by atoms with Crippen LogP contribution in [-0.4, -0.2) is 46.9 Å².